The maximum absolute atomic E-state index is 12.1. The molecule has 7 nitrogen and oxygen atoms in total. The Morgan fingerprint density at radius 3 is 2.73 bits per heavy atom. The molecule has 0 amide bonds. The molecule has 1 aliphatic heterocycles. The summed E-state index contributed by atoms with van der Waals surface area (Å²) in [6.07, 6.45) is 2.41. The largest absolute Gasteiger partial charge is 0.465 e. The number of aromatic nitrogens is 2. The van der Waals surface area contributed by atoms with Gasteiger partial charge in [0.25, 0.3) is 0 Å². The van der Waals surface area contributed by atoms with Crippen LogP contribution >= 0.6 is 12.2 Å². The number of nitrogens with zero attached hydrogens (tertiary/aromatic N) is 3. The zero-order valence-corrected chi connectivity index (χ0v) is 19.8. The molecule has 4 rings (SSSR count). The number of pyridine rings is 1. The summed E-state index contributed by atoms with van der Waals surface area (Å²) >= 11 is 5.69. The van der Waals surface area contributed by atoms with Crippen LogP contribution in [0.4, 0.5) is 0 Å². The maximum atomic E-state index is 12.1. The van der Waals surface area contributed by atoms with Crippen LogP contribution in [0.1, 0.15) is 51.5 Å². The second-order valence-electron chi connectivity index (χ2n) is 8.10. The highest BCUT2D eigenvalue weighted by atomic mass is 32.1. The number of hydrogen-bond acceptors (Lipinski definition) is 5. The molecule has 0 aliphatic carbocycles. The molecule has 0 spiro atoms. The number of rotatable bonds is 7. The minimum atomic E-state index is -0.365. The summed E-state index contributed by atoms with van der Waals surface area (Å²) in [4.78, 5) is 18.8. The number of aliphatic hydroxyl groups is 1. The van der Waals surface area contributed by atoms with E-state index in [0.29, 0.717) is 23.6 Å². The first kappa shape index (κ1) is 22.9. The molecule has 2 N–H and O–H groups in total. The highest BCUT2D eigenvalue weighted by molar-refractivity contribution is 7.80. The van der Waals surface area contributed by atoms with Gasteiger partial charge in [0.2, 0.25) is 0 Å². The Labute approximate surface area is 199 Å². The van der Waals surface area contributed by atoms with Crippen molar-refractivity contribution in [2.45, 2.75) is 32.4 Å². The third-order valence-electron chi connectivity index (χ3n) is 6.07. The van der Waals surface area contributed by atoms with Crippen molar-refractivity contribution in [2.24, 2.45) is 0 Å². The van der Waals surface area contributed by atoms with E-state index in [-0.39, 0.29) is 24.7 Å². The molecule has 3 heterocycles. The Morgan fingerprint density at radius 1 is 1.21 bits per heavy atom. The van der Waals surface area contributed by atoms with Gasteiger partial charge in [-0.25, -0.2) is 4.79 Å². The summed E-state index contributed by atoms with van der Waals surface area (Å²) in [7, 11) is 1.38. The predicted octanol–water partition coefficient (Wildman–Crippen LogP) is 3.63. The standard InChI is InChI=1S/C25H28N4O3S/c1-16-14-20(17(2)29(16)19-9-6-8-18(15-19)24(31)32-3)23-22(21-10-4-5-11-26-21)27-25(33)28(23)12-7-13-30/h4-6,8-11,14-15,22-23,30H,7,12-13H2,1-3H3,(H,27,33). The molecule has 1 fully saturated rings. The van der Waals surface area contributed by atoms with Gasteiger partial charge in [0.15, 0.2) is 5.11 Å². The molecule has 1 saturated heterocycles. The fraction of sp³-hybridized carbons (Fsp3) is 0.320. The molecule has 2 unspecified atom stereocenters. The third kappa shape index (κ3) is 4.36. The van der Waals surface area contributed by atoms with E-state index in [1.54, 1.807) is 12.3 Å². The lowest BCUT2D eigenvalue weighted by molar-refractivity contribution is 0.0600. The minimum Gasteiger partial charge on any atom is -0.465 e. The van der Waals surface area contributed by atoms with Crippen molar-refractivity contribution in [3.05, 3.63) is 82.9 Å². The number of hydrogen-bond donors (Lipinski definition) is 2. The molecule has 2 aromatic heterocycles. The first-order chi connectivity index (χ1) is 16.0. The lowest BCUT2D eigenvalue weighted by atomic mass is 9.96. The quantitative estimate of drug-likeness (QED) is 0.408. The highest BCUT2D eigenvalue weighted by Crippen LogP contribution is 2.41. The average Bonchev–Trinajstić information content (AvgIpc) is 3.32. The molecule has 3 aromatic rings. The van der Waals surface area contributed by atoms with Gasteiger partial charge in [-0.2, -0.15) is 0 Å². The predicted molar refractivity (Wildman–Crippen MR) is 130 cm³/mol. The van der Waals surface area contributed by atoms with E-state index in [4.69, 9.17) is 17.0 Å². The van der Waals surface area contributed by atoms with Crippen LogP contribution in [0.3, 0.4) is 0 Å². The van der Waals surface area contributed by atoms with Gasteiger partial charge in [0, 0.05) is 36.4 Å². The number of benzene rings is 1. The van der Waals surface area contributed by atoms with E-state index >= 15 is 0 Å². The van der Waals surface area contributed by atoms with Gasteiger partial charge in [-0.15, -0.1) is 0 Å². The van der Waals surface area contributed by atoms with Crippen LogP contribution in [0.25, 0.3) is 5.69 Å². The van der Waals surface area contributed by atoms with Crippen LogP contribution in [0.5, 0.6) is 0 Å². The van der Waals surface area contributed by atoms with E-state index < -0.39 is 0 Å². The molecular formula is C25H28N4O3S. The zero-order valence-electron chi connectivity index (χ0n) is 19.0. The summed E-state index contributed by atoms with van der Waals surface area (Å²) < 4.78 is 7.04. The second-order valence-corrected chi connectivity index (χ2v) is 8.49. The van der Waals surface area contributed by atoms with Crippen LogP contribution in [0.2, 0.25) is 0 Å². The SMILES string of the molecule is COC(=O)c1cccc(-n2c(C)cc(C3C(c4ccccn4)NC(=S)N3CCCO)c2C)c1. The van der Waals surface area contributed by atoms with Gasteiger partial charge in [-0.1, -0.05) is 12.1 Å². The summed E-state index contributed by atoms with van der Waals surface area (Å²) in [5.74, 6) is -0.365. The molecule has 0 radical (unpaired) electrons. The fourth-order valence-electron chi connectivity index (χ4n) is 4.60. The molecule has 0 saturated carbocycles. The molecule has 33 heavy (non-hydrogen) atoms. The molecule has 8 heteroatoms. The highest BCUT2D eigenvalue weighted by Gasteiger charge is 2.41. The number of aryl methyl sites for hydroxylation is 1. The smallest absolute Gasteiger partial charge is 0.337 e. The van der Waals surface area contributed by atoms with Gasteiger partial charge < -0.3 is 24.6 Å². The van der Waals surface area contributed by atoms with E-state index in [1.807, 2.05) is 36.4 Å². The minimum absolute atomic E-state index is 0.0808. The van der Waals surface area contributed by atoms with Crippen molar-refractivity contribution in [1.82, 2.24) is 19.8 Å². The summed E-state index contributed by atoms with van der Waals surface area (Å²) in [6.45, 7) is 4.86. The number of methoxy groups -OCH3 is 1. The third-order valence-corrected chi connectivity index (χ3v) is 6.42. The number of nitrogens with one attached hydrogen (secondary N) is 1. The van der Waals surface area contributed by atoms with Gasteiger partial charge in [-0.3, -0.25) is 4.98 Å². The number of carbonyl (C=O) groups excluding carboxylic acids is 1. The van der Waals surface area contributed by atoms with Crippen LogP contribution in [0, 0.1) is 13.8 Å². The average molecular weight is 465 g/mol. The van der Waals surface area contributed by atoms with Crippen LogP contribution in [-0.2, 0) is 4.74 Å². The Bertz CT molecular complexity index is 1160. The molecule has 1 aliphatic rings. The molecule has 2 atom stereocenters. The van der Waals surface area contributed by atoms with E-state index in [1.165, 1.54) is 7.11 Å². The van der Waals surface area contributed by atoms with Crippen LogP contribution in [-0.4, -0.2) is 50.9 Å². The Balaban J connectivity index is 1.81. The molecular weight excluding hydrogens is 436 g/mol. The summed E-state index contributed by atoms with van der Waals surface area (Å²) in [5.41, 5.74) is 5.53. The topological polar surface area (TPSA) is 79.6 Å². The zero-order chi connectivity index (χ0) is 23.5. The Hall–Kier alpha value is -3.23. The van der Waals surface area contributed by atoms with Crippen LogP contribution in [0.15, 0.2) is 54.7 Å². The van der Waals surface area contributed by atoms with Crippen molar-refractivity contribution in [2.75, 3.05) is 20.3 Å². The van der Waals surface area contributed by atoms with Gasteiger partial charge >= 0.3 is 5.97 Å². The second kappa shape index (κ2) is 9.72. The molecule has 1 aromatic carbocycles. The number of aliphatic hydroxyl groups excluding tert-OH is 1. The van der Waals surface area contributed by atoms with Crippen molar-refractivity contribution in [1.29, 1.82) is 0 Å². The molecule has 172 valence electrons. The number of carbonyl (C=O) groups is 1. The number of esters is 1. The fourth-order valence-corrected chi connectivity index (χ4v) is 4.93. The van der Waals surface area contributed by atoms with Crippen molar-refractivity contribution in [3.8, 4) is 5.69 Å². The first-order valence-corrected chi connectivity index (χ1v) is 11.3. The summed E-state index contributed by atoms with van der Waals surface area (Å²) in [5, 5.41) is 13.6. The van der Waals surface area contributed by atoms with E-state index in [9.17, 15) is 9.90 Å². The lowest BCUT2D eigenvalue weighted by Gasteiger charge is -2.28. The van der Waals surface area contributed by atoms with Crippen LogP contribution < -0.4 is 5.32 Å². The van der Waals surface area contributed by atoms with E-state index in [2.05, 4.69) is 39.7 Å². The van der Waals surface area contributed by atoms with E-state index in [0.717, 1.165) is 28.3 Å². The Morgan fingerprint density at radius 2 is 2.03 bits per heavy atom. The molecule has 0 bridgehead atoms. The summed E-state index contributed by atoms with van der Waals surface area (Å²) in [6, 6.07) is 15.3. The van der Waals surface area contributed by atoms with Crippen molar-refractivity contribution in [3.63, 3.8) is 0 Å². The first-order valence-electron chi connectivity index (χ1n) is 10.9. The lowest BCUT2D eigenvalue weighted by Crippen LogP contribution is -2.31. The number of thiocarbonyl (C=S) groups is 1. The van der Waals surface area contributed by atoms with Crippen molar-refractivity contribution < 1.29 is 14.6 Å². The Kier molecular flexibility index (Phi) is 6.76. The van der Waals surface area contributed by atoms with Gasteiger partial charge in [0.1, 0.15) is 0 Å². The maximum Gasteiger partial charge on any atom is 0.337 e. The van der Waals surface area contributed by atoms with Gasteiger partial charge in [0.05, 0.1) is 30.5 Å². The number of ether oxygens (including phenoxy) is 1. The normalized spacial score (nSPS) is 17.8. The van der Waals surface area contributed by atoms with Gasteiger partial charge in [-0.05, 0) is 74.4 Å². The van der Waals surface area contributed by atoms with Crippen molar-refractivity contribution >= 4 is 23.3 Å². The monoisotopic (exact) mass is 464 g/mol.